The van der Waals surface area contributed by atoms with E-state index in [9.17, 15) is 9.59 Å². The zero-order valence-corrected chi connectivity index (χ0v) is 11.7. The van der Waals surface area contributed by atoms with Crippen molar-refractivity contribution in [3.8, 4) is 0 Å². The average Bonchev–Trinajstić information content (AvgIpc) is 2.94. The number of benzene rings is 1. The third kappa shape index (κ3) is 3.92. The predicted octanol–water partition coefficient (Wildman–Crippen LogP) is 1.85. The molecule has 1 heterocycles. The molecule has 0 saturated carbocycles. The number of carbonyl (C=O) groups is 2. The molecule has 0 aliphatic carbocycles. The minimum atomic E-state index is -1.11. The van der Waals surface area contributed by atoms with Crippen LogP contribution in [0.3, 0.4) is 0 Å². The van der Waals surface area contributed by atoms with Gasteiger partial charge in [-0.1, -0.05) is 37.3 Å². The lowest BCUT2D eigenvalue weighted by atomic mass is 10.0. The maximum atomic E-state index is 12.0. The summed E-state index contributed by atoms with van der Waals surface area (Å²) in [6.45, 7) is 1.99. The first-order chi connectivity index (χ1) is 10.1. The largest absolute Gasteiger partial charge is 0.476 e. The van der Waals surface area contributed by atoms with Gasteiger partial charge in [-0.25, -0.2) is 4.79 Å². The van der Waals surface area contributed by atoms with E-state index in [0.29, 0.717) is 0 Å². The first kappa shape index (κ1) is 14.8. The minimum Gasteiger partial charge on any atom is -0.476 e. The lowest BCUT2D eigenvalue weighted by molar-refractivity contribution is -0.122. The Balaban J connectivity index is 1.98. The number of hydrogen-bond acceptors (Lipinski definition) is 3. The van der Waals surface area contributed by atoms with Crippen LogP contribution in [0.15, 0.2) is 42.6 Å². The normalized spacial score (nSPS) is 11.9. The molecule has 2 aromatic rings. The van der Waals surface area contributed by atoms with Crippen LogP contribution in [0.25, 0.3) is 0 Å². The van der Waals surface area contributed by atoms with Crippen LogP contribution in [0.1, 0.15) is 35.4 Å². The highest BCUT2D eigenvalue weighted by atomic mass is 16.4. The van der Waals surface area contributed by atoms with Gasteiger partial charge >= 0.3 is 5.97 Å². The smallest absolute Gasteiger partial charge is 0.356 e. The van der Waals surface area contributed by atoms with Crippen molar-refractivity contribution < 1.29 is 14.7 Å². The molecule has 0 fully saturated rings. The molecule has 2 N–H and O–H groups in total. The molecule has 1 amide bonds. The first-order valence-electron chi connectivity index (χ1n) is 6.71. The summed E-state index contributed by atoms with van der Waals surface area (Å²) in [7, 11) is 0. The standard InChI is InChI=1S/C15H17N3O3/c1-2-12(11-6-4-3-5-7-11)16-14(19)10-18-9-8-13(17-18)15(20)21/h3-9,12H,2,10H2,1H3,(H,16,19)(H,20,21)/t12-/m1/s1. The molecule has 0 unspecified atom stereocenters. The molecule has 0 spiro atoms. The van der Waals surface area contributed by atoms with E-state index >= 15 is 0 Å². The monoisotopic (exact) mass is 287 g/mol. The molecule has 1 aromatic carbocycles. The Morgan fingerprint density at radius 2 is 2.00 bits per heavy atom. The van der Waals surface area contributed by atoms with Gasteiger partial charge in [0.15, 0.2) is 5.69 Å². The Morgan fingerprint density at radius 3 is 2.57 bits per heavy atom. The molecule has 2 rings (SSSR count). The van der Waals surface area contributed by atoms with Crippen molar-refractivity contribution in [2.75, 3.05) is 0 Å². The molecule has 6 heteroatoms. The summed E-state index contributed by atoms with van der Waals surface area (Å²) in [5, 5.41) is 15.5. The van der Waals surface area contributed by atoms with Gasteiger partial charge in [0.25, 0.3) is 0 Å². The van der Waals surface area contributed by atoms with E-state index < -0.39 is 5.97 Å². The molecule has 0 aliphatic rings. The first-order valence-corrected chi connectivity index (χ1v) is 6.71. The van der Waals surface area contributed by atoms with Crippen LogP contribution in [0.4, 0.5) is 0 Å². The van der Waals surface area contributed by atoms with Crippen LogP contribution < -0.4 is 5.32 Å². The van der Waals surface area contributed by atoms with E-state index in [1.54, 1.807) is 0 Å². The summed E-state index contributed by atoms with van der Waals surface area (Å²) in [6, 6.07) is 11.0. The van der Waals surface area contributed by atoms with Gasteiger partial charge in [0.1, 0.15) is 6.54 Å². The van der Waals surface area contributed by atoms with Crippen LogP contribution in [0.2, 0.25) is 0 Å². The Labute approximate surface area is 122 Å². The van der Waals surface area contributed by atoms with E-state index in [4.69, 9.17) is 5.11 Å². The number of carboxylic acids is 1. The van der Waals surface area contributed by atoms with Gasteiger partial charge in [-0.05, 0) is 18.1 Å². The van der Waals surface area contributed by atoms with E-state index in [0.717, 1.165) is 12.0 Å². The molecule has 6 nitrogen and oxygen atoms in total. The van der Waals surface area contributed by atoms with Gasteiger partial charge in [-0.3, -0.25) is 9.48 Å². The van der Waals surface area contributed by atoms with Crippen LogP contribution in [0, 0.1) is 0 Å². The highest BCUT2D eigenvalue weighted by molar-refractivity contribution is 5.85. The SMILES string of the molecule is CC[C@@H](NC(=O)Cn1ccc(C(=O)O)n1)c1ccccc1. The van der Waals surface area contributed by atoms with Crippen molar-refractivity contribution in [2.45, 2.75) is 25.9 Å². The fourth-order valence-corrected chi connectivity index (χ4v) is 2.06. The molecular weight excluding hydrogens is 270 g/mol. The highest BCUT2D eigenvalue weighted by Gasteiger charge is 2.14. The summed E-state index contributed by atoms with van der Waals surface area (Å²) in [6.07, 6.45) is 2.25. The molecule has 0 bridgehead atoms. The number of aromatic carboxylic acids is 1. The van der Waals surface area contributed by atoms with Crippen molar-refractivity contribution in [1.82, 2.24) is 15.1 Å². The zero-order valence-electron chi connectivity index (χ0n) is 11.7. The molecular formula is C15H17N3O3. The number of carbonyl (C=O) groups excluding carboxylic acids is 1. The number of amides is 1. The fourth-order valence-electron chi connectivity index (χ4n) is 2.06. The summed E-state index contributed by atoms with van der Waals surface area (Å²) in [4.78, 5) is 22.7. The summed E-state index contributed by atoms with van der Waals surface area (Å²) in [5.41, 5.74) is 0.970. The number of hydrogen-bond donors (Lipinski definition) is 2. The number of nitrogens with one attached hydrogen (secondary N) is 1. The topological polar surface area (TPSA) is 84.2 Å². The van der Waals surface area contributed by atoms with Gasteiger partial charge in [-0.15, -0.1) is 0 Å². The molecule has 0 radical (unpaired) electrons. The molecule has 1 aromatic heterocycles. The highest BCUT2D eigenvalue weighted by Crippen LogP contribution is 2.15. The van der Waals surface area contributed by atoms with Crippen LogP contribution in [0.5, 0.6) is 0 Å². The molecule has 0 saturated heterocycles. The summed E-state index contributed by atoms with van der Waals surface area (Å²) < 4.78 is 1.32. The minimum absolute atomic E-state index is 0.00336. The van der Waals surface area contributed by atoms with Gasteiger partial charge in [-0.2, -0.15) is 5.10 Å². The lowest BCUT2D eigenvalue weighted by Gasteiger charge is -2.17. The van der Waals surface area contributed by atoms with Gasteiger partial charge < -0.3 is 10.4 Å². The Kier molecular flexibility index (Phi) is 4.71. The zero-order chi connectivity index (χ0) is 15.2. The van der Waals surface area contributed by atoms with Crippen LogP contribution >= 0.6 is 0 Å². The van der Waals surface area contributed by atoms with Gasteiger partial charge in [0.2, 0.25) is 5.91 Å². The summed E-state index contributed by atoms with van der Waals surface area (Å²) in [5.74, 6) is -1.31. The van der Waals surface area contributed by atoms with E-state index in [1.807, 2.05) is 37.3 Å². The average molecular weight is 287 g/mol. The maximum absolute atomic E-state index is 12.0. The van der Waals surface area contributed by atoms with E-state index in [1.165, 1.54) is 16.9 Å². The molecule has 110 valence electrons. The van der Waals surface area contributed by atoms with Crippen molar-refractivity contribution in [3.05, 3.63) is 53.9 Å². The third-order valence-corrected chi connectivity index (χ3v) is 3.11. The summed E-state index contributed by atoms with van der Waals surface area (Å²) >= 11 is 0. The van der Waals surface area contributed by atoms with Crippen molar-refractivity contribution >= 4 is 11.9 Å². The van der Waals surface area contributed by atoms with E-state index in [-0.39, 0.29) is 24.2 Å². The van der Waals surface area contributed by atoms with Crippen LogP contribution in [-0.4, -0.2) is 26.8 Å². The quantitative estimate of drug-likeness (QED) is 0.849. The number of nitrogens with zero attached hydrogens (tertiary/aromatic N) is 2. The lowest BCUT2D eigenvalue weighted by Crippen LogP contribution is -2.31. The van der Waals surface area contributed by atoms with Crippen molar-refractivity contribution in [2.24, 2.45) is 0 Å². The molecule has 0 aliphatic heterocycles. The Morgan fingerprint density at radius 1 is 1.29 bits per heavy atom. The van der Waals surface area contributed by atoms with Crippen LogP contribution in [-0.2, 0) is 11.3 Å². The van der Waals surface area contributed by atoms with E-state index in [2.05, 4.69) is 10.4 Å². The van der Waals surface area contributed by atoms with Gasteiger partial charge in [0.05, 0.1) is 6.04 Å². The second-order valence-corrected chi connectivity index (χ2v) is 4.64. The maximum Gasteiger partial charge on any atom is 0.356 e. The van der Waals surface area contributed by atoms with Crippen molar-refractivity contribution in [3.63, 3.8) is 0 Å². The Bertz CT molecular complexity index is 622. The predicted molar refractivity (Wildman–Crippen MR) is 76.8 cm³/mol. The number of carboxylic acid groups (broad SMARTS) is 1. The van der Waals surface area contributed by atoms with Gasteiger partial charge in [0, 0.05) is 6.20 Å². The second kappa shape index (κ2) is 6.69. The fraction of sp³-hybridized carbons (Fsp3) is 0.267. The Hall–Kier alpha value is -2.63. The number of aromatic nitrogens is 2. The second-order valence-electron chi connectivity index (χ2n) is 4.64. The molecule has 1 atom stereocenters. The molecule has 21 heavy (non-hydrogen) atoms. The number of rotatable bonds is 6. The third-order valence-electron chi connectivity index (χ3n) is 3.11. The van der Waals surface area contributed by atoms with Crippen molar-refractivity contribution in [1.29, 1.82) is 0 Å².